The minimum atomic E-state index is -0.691. The van der Waals surface area contributed by atoms with Gasteiger partial charge in [-0.15, -0.1) is 0 Å². The van der Waals surface area contributed by atoms with Crippen LogP contribution in [-0.4, -0.2) is 77.8 Å². The van der Waals surface area contributed by atoms with E-state index in [1.807, 2.05) is 41.3 Å². The molecule has 3 aliphatic rings. The van der Waals surface area contributed by atoms with E-state index < -0.39 is 5.54 Å². The molecule has 2 heterocycles. The largest absolute Gasteiger partial charge is 0.497 e. The quantitative estimate of drug-likeness (QED) is 0.469. The molecule has 2 aliphatic carbocycles. The van der Waals surface area contributed by atoms with E-state index >= 15 is 0 Å². The lowest BCUT2D eigenvalue weighted by Crippen LogP contribution is -2.51. The van der Waals surface area contributed by atoms with Gasteiger partial charge in [-0.1, -0.05) is 25.0 Å². The smallest absolute Gasteiger partial charge is 0.254 e. The van der Waals surface area contributed by atoms with E-state index in [1.54, 1.807) is 19.4 Å². The highest BCUT2D eigenvalue weighted by atomic mass is 16.5. The number of carbonyl (C=O) groups is 2. The normalized spacial score (nSPS) is 19.3. The second kappa shape index (κ2) is 10.1. The van der Waals surface area contributed by atoms with Gasteiger partial charge in [-0.3, -0.25) is 14.6 Å². The van der Waals surface area contributed by atoms with Crippen molar-refractivity contribution in [2.75, 3.05) is 39.8 Å². The molecule has 8 heteroatoms. The number of amidine groups is 1. The molecule has 5 rings (SSSR count). The lowest BCUT2D eigenvalue weighted by atomic mass is 10.1. The standard InChI is InChI=1S/C27H33N5O3/c1-35-22-6-4-5-21(19-22)25(33)32-17-15-31(16-18-32)24(23-7-2-3-13-28-23)30-27(11-12-27)26(34)29-14-10-20-8-9-20/h2-7,13,19-20H,8-12,14-18H2,1H3,(H,29,34). The van der Waals surface area contributed by atoms with Crippen molar-refractivity contribution in [3.63, 3.8) is 0 Å². The molecule has 35 heavy (non-hydrogen) atoms. The molecule has 0 bridgehead atoms. The number of hydrogen-bond acceptors (Lipinski definition) is 5. The molecular weight excluding hydrogens is 442 g/mol. The zero-order chi connectivity index (χ0) is 24.3. The number of nitrogens with one attached hydrogen (secondary N) is 1. The van der Waals surface area contributed by atoms with Gasteiger partial charge in [-0.2, -0.15) is 0 Å². The number of amides is 2. The Hall–Kier alpha value is -3.42. The lowest BCUT2D eigenvalue weighted by Gasteiger charge is -2.36. The van der Waals surface area contributed by atoms with Gasteiger partial charge in [-0.25, -0.2) is 4.99 Å². The summed E-state index contributed by atoms with van der Waals surface area (Å²) in [5, 5.41) is 3.12. The number of aromatic nitrogens is 1. The van der Waals surface area contributed by atoms with E-state index in [2.05, 4.69) is 15.2 Å². The molecule has 0 unspecified atom stereocenters. The van der Waals surface area contributed by atoms with E-state index in [-0.39, 0.29) is 11.8 Å². The van der Waals surface area contributed by atoms with Crippen molar-refractivity contribution in [2.45, 2.75) is 37.6 Å². The third-order valence-electron chi connectivity index (χ3n) is 7.08. The number of benzene rings is 1. The number of rotatable bonds is 8. The van der Waals surface area contributed by atoms with Gasteiger partial charge in [-0.05, 0) is 55.5 Å². The van der Waals surface area contributed by atoms with Gasteiger partial charge in [0.05, 0.1) is 7.11 Å². The predicted molar refractivity (Wildman–Crippen MR) is 134 cm³/mol. The summed E-state index contributed by atoms with van der Waals surface area (Å²) in [6, 6.07) is 13.0. The third-order valence-corrected chi connectivity index (χ3v) is 7.08. The molecule has 1 aromatic heterocycles. The fraction of sp³-hybridized carbons (Fsp3) is 0.481. The Labute approximate surface area is 206 Å². The number of methoxy groups -OCH3 is 1. The van der Waals surface area contributed by atoms with Gasteiger partial charge in [0.1, 0.15) is 17.0 Å². The number of pyridine rings is 1. The molecule has 1 N–H and O–H groups in total. The van der Waals surface area contributed by atoms with Crippen LogP contribution in [0.4, 0.5) is 0 Å². The van der Waals surface area contributed by atoms with Crippen LogP contribution in [-0.2, 0) is 4.79 Å². The number of hydrogen-bond donors (Lipinski definition) is 1. The number of carbonyl (C=O) groups excluding carboxylic acids is 2. The minimum absolute atomic E-state index is 0.00595. The van der Waals surface area contributed by atoms with Crippen molar-refractivity contribution < 1.29 is 14.3 Å². The predicted octanol–water partition coefficient (Wildman–Crippen LogP) is 2.74. The Kier molecular flexibility index (Phi) is 6.70. The van der Waals surface area contributed by atoms with Gasteiger partial charge < -0.3 is 19.9 Å². The summed E-state index contributed by atoms with van der Waals surface area (Å²) in [7, 11) is 1.60. The average molecular weight is 476 g/mol. The van der Waals surface area contributed by atoms with Crippen molar-refractivity contribution in [3.05, 3.63) is 59.9 Å². The highest BCUT2D eigenvalue weighted by molar-refractivity contribution is 6.01. The molecule has 1 saturated heterocycles. The average Bonchev–Trinajstić information content (AvgIpc) is 3.84. The van der Waals surface area contributed by atoms with Crippen molar-refractivity contribution in [1.82, 2.24) is 20.1 Å². The summed E-state index contributed by atoms with van der Waals surface area (Å²) in [6.07, 6.45) is 6.90. The highest BCUT2D eigenvalue weighted by Crippen LogP contribution is 2.41. The van der Waals surface area contributed by atoms with Crippen molar-refractivity contribution in [2.24, 2.45) is 10.9 Å². The molecule has 184 valence electrons. The van der Waals surface area contributed by atoms with E-state index in [0.717, 1.165) is 43.3 Å². The highest BCUT2D eigenvalue weighted by Gasteiger charge is 2.51. The molecule has 2 amide bonds. The maximum absolute atomic E-state index is 13.1. The van der Waals surface area contributed by atoms with Crippen LogP contribution in [0.1, 0.15) is 48.2 Å². The van der Waals surface area contributed by atoms with Crippen molar-refractivity contribution in [1.29, 1.82) is 0 Å². The van der Waals surface area contributed by atoms with Crippen LogP contribution >= 0.6 is 0 Å². The zero-order valence-corrected chi connectivity index (χ0v) is 20.3. The summed E-state index contributed by atoms with van der Waals surface area (Å²) >= 11 is 0. The fourth-order valence-electron chi connectivity index (χ4n) is 4.52. The molecule has 8 nitrogen and oxygen atoms in total. The van der Waals surface area contributed by atoms with E-state index in [0.29, 0.717) is 37.5 Å². The summed E-state index contributed by atoms with van der Waals surface area (Å²) in [6.45, 7) is 3.13. The molecule has 1 aromatic carbocycles. The first-order chi connectivity index (χ1) is 17.1. The van der Waals surface area contributed by atoms with E-state index in [4.69, 9.17) is 9.73 Å². The monoisotopic (exact) mass is 475 g/mol. The van der Waals surface area contributed by atoms with Crippen LogP contribution in [0.3, 0.4) is 0 Å². The Balaban J connectivity index is 1.29. The Morgan fingerprint density at radius 2 is 1.86 bits per heavy atom. The van der Waals surface area contributed by atoms with Crippen LogP contribution in [0.2, 0.25) is 0 Å². The second-order valence-corrected chi connectivity index (χ2v) is 9.68. The Morgan fingerprint density at radius 1 is 1.09 bits per heavy atom. The van der Waals surface area contributed by atoms with Crippen LogP contribution in [0.15, 0.2) is 53.7 Å². The van der Waals surface area contributed by atoms with Gasteiger partial charge in [0.2, 0.25) is 5.91 Å². The summed E-state index contributed by atoms with van der Waals surface area (Å²) in [4.78, 5) is 39.6. The first kappa shape index (κ1) is 23.3. The molecule has 0 spiro atoms. The fourth-order valence-corrected chi connectivity index (χ4v) is 4.52. The number of piperazine rings is 1. The molecule has 0 radical (unpaired) electrons. The molecule has 3 fully saturated rings. The molecule has 2 saturated carbocycles. The number of aliphatic imine (C=N–C) groups is 1. The molecule has 0 atom stereocenters. The second-order valence-electron chi connectivity index (χ2n) is 9.68. The van der Waals surface area contributed by atoms with E-state index in [9.17, 15) is 9.59 Å². The molecule has 2 aromatic rings. The van der Waals surface area contributed by atoms with Gasteiger partial charge in [0.15, 0.2) is 5.84 Å². The first-order valence-corrected chi connectivity index (χ1v) is 12.6. The Bertz CT molecular complexity index is 1090. The SMILES string of the molecule is COc1cccc(C(=O)N2CCN(C(=NC3(C(=O)NCCC4CC4)CC3)c3ccccn3)CC2)c1. The van der Waals surface area contributed by atoms with Gasteiger partial charge in [0.25, 0.3) is 5.91 Å². The third kappa shape index (κ3) is 5.47. The summed E-state index contributed by atoms with van der Waals surface area (Å²) in [5.41, 5.74) is 0.692. The maximum Gasteiger partial charge on any atom is 0.254 e. The molecular formula is C27H33N5O3. The lowest BCUT2D eigenvalue weighted by molar-refractivity contribution is -0.123. The summed E-state index contributed by atoms with van der Waals surface area (Å²) in [5.74, 6) is 2.22. The van der Waals surface area contributed by atoms with Crippen LogP contribution in [0.25, 0.3) is 0 Å². The topological polar surface area (TPSA) is 87.1 Å². The minimum Gasteiger partial charge on any atom is -0.497 e. The Morgan fingerprint density at radius 3 is 2.51 bits per heavy atom. The van der Waals surface area contributed by atoms with Gasteiger partial charge in [0, 0.05) is 44.5 Å². The van der Waals surface area contributed by atoms with Crippen molar-refractivity contribution in [3.8, 4) is 5.75 Å². The molecule has 1 aliphatic heterocycles. The van der Waals surface area contributed by atoms with E-state index in [1.165, 1.54) is 12.8 Å². The van der Waals surface area contributed by atoms with Crippen LogP contribution in [0, 0.1) is 5.92 Å². The summed E-state index contributed by atoms with van der Waals surface area (Å²) < 4.78 is 5.27. The van der Waals surface area contributed by atoms with Crippen LogP contribution in [0.5, 0.6) is 5.75 Å². The number of nitrogens with zero attached hydrogens (tertiary/aromatic N) is 4. The number of ether oxygens (including phenoxy) is 1. The van der Waals surface area contributed by atoms with Crippen molar-refractivity contribution >= 4 is 17.6 Å². The maximum atomic E-state index is 13.1. The van der Waals surface area contributed by atoms with Gasteiger partial charge >= 0.3 is 0 Å². The zero-order valence-electron chi connectivity index (χ0n) is 20.3. The first-order valence-electron chi connectivity index (χ1n) is 12.6. The van der Waals surface area contributed by atoms with Crippen LogP contribution < -0.4 is 10.1 Å².